The Hall–Kier alpha value is -0.510. The molecular weight excluding hydrogens is 264 g/mol. The first kappa shape index (κ1) is 14.4. The maximum atomic E-state index is 3.68. The van der Waals surface area contributed by atoms with Crippen molar-refractivity contribution in [3.63, 3.8) is 0 Å². The van der Waals surface area contributed by atoms with E-state index >= 15 is 0 Å². The Labute approximate surface area is 127 Å². The van der Waals surface area contributed by atoms with Crippen LogP contribution in [0.25, 0.3) is 0 Å². The lowest BCUT2D eigenvalue weighted by Gasteiger charge is -2.42. The molecule has 3 atom stereocenters. The smallest absolute Gasteiger partial charge is 0.0449 e. The molecule has 0 radical (unpaired) electrons. The molecular formula is C17H26N2S. The van der Waals surface area contributed by atoms with E-state index in [0.717, 1.165) is 17.8 Å². The van der Waals surface area contributed by atoms with Gasteiger partial charge in [-0.15, -0.1) is 0 Å². The van der Waals surface area contributed by atoms with Gasteiger partial charge in [0.15, 0.2) is 0 Å². The molecule has 1 heterocycles. The molecule has 0 amide bonds. The third kappa shape index (κ3) is 3.38. The third-order valence-electron chi connectivity index (χ3n) is 4.86. The maximum Gasteiger partial charge on any atom is 0.0449 e. The van der Waals surface area contributed by atoms with Crippen LogP contribution in [0.3, 0.4) is 0 Å². The Morgan fingerprint density at radius 2 is 2.05 bits per heavy atom. The van der Waals surface area contributed by atoms with Crippen molar-refractivity contribution in [2.75, 3.05) is 25.9 Å². The van der Waals surface area contributed by atoms with Crippen LogP contribution in [0.15, 0.2) is 30.3 Å². The molecule has 0 aromatic heterocycles. The summed E-state index contributed by atoms with van der Waals surface area (Å²) >= 11 is 2.07. The van der Waals surface area contributed by atoms with E-state index in [0.29, 0.717) is 6.04 Å². The van der Waals surface area contributed by atoms with Gasteiger partial charge in [0.1, 0.15) is 0 Å². The van der Waals surface area contributed by atoms with E-state index in [4.69, 9.17) is 0 Å². The lowest BCUT2D eigenvalue weighted by atomic mass is 9.92. The molecule has 3 unspecified atom stereocenters. The molecule has 2 nitrogen and oxygen atoms in total. The topological polar surface area (TPSA) is 15.3 Å². The first-order chi connectivity index (χ1) is 9.86. The summed E-state index contributed by atoms with van der Waals surface area (Å²) in [6.45, 7) is 3.52. The average Bonchev–Trinajstić information content (AvgIpc) is 2.56. The summed E-state index contributed by atoms with van der Waals surface area (Å²) in [5, 5.41) is 4.57. The van der Waals surface area contributed by atoms with E-state index in [1.807, 2.05) is 0 Å². The standard InChI is InChI=1S/C17H26N2S/c1-20-16-9-5-8-15(12-16)19-11-10-18-17(13-19)14-6-3-2-4-7-14/h2-4,6-7,15-18H,5,8-13H2,1H3. The van der Waals surface area contributed by atoms with Crippen molar-refractivity contribution in [2.45, 2.75) is 43.0 Å². The van der Waals surface area contributed by atoms with Crippen LogP contribution in [-0.4, -0.2) is 42.1 Å². The van der Waals surface area contributed by atoms with Crippen LogP contribution < -0.4 is 5.32 Å². The zero-order chi connectivity index (χ0) is 13.8. The molecule has 20 heavy (non-hydrogen) atoms. The number of nitrogens with one attached hydrogen (secondary N) is 1. The van der Waals surface area contributed by atoms with Crippen molar-refractivity contribution in [3.8, 4) is 0 Å². The van der Waals surface area contributed by atoms with Crippen LogP contribution in [0.5, 0.6) is 0 Å². The Kier molecular flexibility index (Phi) is 5.03. The van der Waals surface area contributed by atoms with Gasteiger partial charge in [-0.3, -0.25) is 4.90 Å². The molecule has 3 rings (SSSR count). The minimum atomic E-state index is 0.514. The number of piperazine rings is 1. The summed E-state index contributed by atoms with van der Waals surface area (Å²) < 4.78 is 0. The Balaban J connectivity index is 1.63. The summed E-state index contributed by atoms with van der Waals surface area (Å²) in [4.78, 5) is 2.75. The number of benzene rings is 1. The highest BCUT2D eigenvalue weighted by molar-refractivity contribution is 7.99. The number of hydrogen-bond acceptors (Lipinski definition) is 3. The quantitative estimate of drug-likeness (QED) is 0.919. The highest BCUT2D eigenvalue weighted by atomic mass is 32.2. The lowest BCUT2D eigenvalue weighted by Crippen LogP contribution is -2.51. The van der Waals surface area contributed by atoms with Crippen molar-refractivity contribution >= 4 is 11.8 Å². The van der Waals surface area contributed by atoms with Crippen LogP contribution in [0.4, 0.5) is 0 Å². The third-order valence-corrected chi connectivity index (χ3v) is 5.95. The lowest BCUT2D eigenvalue weighted by molar-refractivity contribution is 0.117. The Bertz CT molecular complexity index is 409. The van der Waals surface area contributed by atoms with Crippen molar-refractivity contribution < 1.29 is 0 Å². The molecule has 2 aliphatic rings. The molecule has 0 spiro atoms. The fourth-order valence-corrected chi connectivity index (χ4v) is 4.50. The summed E-state index contributed by atoms with van der Waals surface area (Å²) in [6.07, 6.45) is 7.90. The van der Waals surface area contributed by atoms with Gasteiger partial charge >= 0.3 is 0 Å². The minimum Gasteiger partial charge on any atom is -0.308 e. The van der Waals surface area contributed by atoms with E-state index in [1.54, 1.807) is 0 Å². The van der Waals surface area contributed by atoms with E-state index in [1.165, 1.54) is 44.3 Å². The van der Waals surface area contributed by atoms with Crippen LogP contribution in [-0.2, 0) is 0 Å². The Morgan fingerprint density at radius 1 is 1.20 bits per heavy atom. The minimum absolute atomic E-state index is 0.514. The van der Waals surface area contributed by atoms with Crippen molar-refractivity contribution in [1.29, 1.82) is 0 Å². The molecule has 0 bridgehead atoms. The molecule has 2 fully saturated rings. The van der Waals surface area contributed by atoms with Gasteiger partial charge in [0, 0.05) is 37.0 Å². The maximum absolute atomic E-state index is 3.68. The molecule has 110 valence electrons. The van der Waals surface area contributed by atoms with Crippen LogP contribution in [0.1, 0.15) is 37.3 Å². The monoisotopic (exact) mass is 290 g/mol. The summed E-state index contributed by atoms with van der Waals surface area (Å²) in [5.41, 5.74) is 1.44. The van der Waals surface area contributed by atoms with E-state index in [2.05, 4.69) is 58.6 Å². The second-order valence-electron chi connectivity index (χ2n) is 6.09. The SMILES string of the molecule is CSC1CCCC(N2CCNC(c3ccccc3)C2)C1. The number of thioether (sulfide) groups is 1. The zero-order valence-corrected chi connectivity index (χ0v) is 13.2. The van der Waals surface area contributed by atoms with E-state index in [-0.39, 0.29) is 0 Å². The van der Waals surface area contributed by atoms with Crippen LogP contribution in [0.2, 0.25) is 0 Å². The van der Waals surface area contributed by atoms with Gasteiger partial charge in [0.2, 0.25) is 0 Å². The molecule has 1 aromatic rings. The summed E-state index contributed by atoms with van der Waals surface area (Å²) in [7, 11) is 0. The average molecular weight is 290 g/mol. The van der Waals surface area contributed by atoms with Crippen molar-refractivity contribution in [2.24, 2.45) is 0 Å². The van der Waals surface area contributed by atoms with Crippen molar-refractivity contribution in [3.05, 3.63) is 35.9 Å². The second kappa shape index (κ2) is 6.97. The van der Waals surface area contributed by atoms with Gasteiger partial charge in [-0.05, 0) is 31.1 Å². The first-order valence-electron chi connectivity index (χ1n) is 7.92. The predicted molar refractivity (Wildman–Crippen MR) is 88.3 cm³/mol. The van der Waals surface area contributed by atoms with Gasteiger partial charge in [-0.25, -0.2) is 0 Å². The molecule has 1 aromatic carbocycles. The zero-order valence-electron chi connectivity index (χ0n) is 12.4. The van der Waals surface area contributed by atoms with Gasteiger partial charge < -0.3 is 5.32 Å². The van der Waals surface area contributed by atoms with Gasteiger partial charge in [-0.1, -0.05) is 36.8 Å². The summed E-state index contributed by atoms with van der Waals surface area (Å²) in [6, 6.07) is 12.3. The Morgan fingerprint density at radius 3 is 2.85 bits per heavy atom. The fraction of sp³-hybridized carbons (Fsp3) is 0.647. The molecule has 1 aliphatic heterocycles. The van der Waals surface area contributed by atoms with Crippen molar-refractivity contribution in [1.82, 2.24) is 10.2 Å². The predicted octanol–water partition coefficient (Wildman–Crippen LogP) is 3.31. The molecule has 3 heteroatoms. The highest BCUT2D eigenvalue weighted by Crippen LogP contribution is 2.31. The highest BCUT2D eigenvalue weighted by Gasteiger charge is 2.30. The normalized spacial score (nSPS) is 32.1. The first-order valence-corrected chi connectivity index (χ1v) is 9.21. The van der Waals surface area contributed by atoms with E-state index < -0.39 is 0 Å². The second-order valence-corrected chi connectivity index (χ2v) is 7.23. The number of rotatable bonds is 3. The molecule has 1 N–H and O–H groups in total. The van der Waals surface area contributed by atoms with E-state index in [9.17, 15) is 0 Å². The number of hydrogen-bond donors (Lipinski definition) is 1. The molecule has 1 saturated heterocycles. The summed E-state index contributed by atoms with van der Waals surface area (Å²) in [5.74, 6) is 0. The van der Waals surface area contributed by atoms with Gasteiger partial charge in [0.25, 0.3) is 0 Å². The molecule has 1 aliphatic carbocycles. The number of nitrogens with zero attached hydrogens (tertiary/aromatic N) is 1. The molecule has 1 saturated carbocycles. The largest absolute Gasteiger partial charge is 0.308 e. The van der Waals surface area contributed by atoms with Crippen LogP contribution >= 0.6 is 11.8 Å². The van der Waals surface area contributed by atoms with Gasteiger partial charge in [-0.2, -0.15) is 11.8 Å². The van der Waals surface area contributed by atoms with Gasteiger partial charge in [0.05, 0.1) is 0 Å². The fourth-order valence-electron chi connectivity index (χ4n) is 3.68. The van der Waals surface area contributed by atoms with Crippen LogP contribution in [0, 0.1) is 0 Å².